The van der Waals surface area contributed by atoms with Crippen LogP contribution >= 0.6 is 0 Å². The molecule has 0 fully saturated rings. The van der Waals surface area contributed by atoms with Crippen molar-refractivity contribution in [3.8, 4) is 0 Å². The number of hydrogen-bond acceptors (Lipinski definition) is 6. The molecule has 1 amide bonds. The minimum atomic E-state index is -1.03. The van der Waals surface area contributed by atoms with Gasteiger partial charge in [-0.2, -0.15) is 0 Å². The number of aliphatic imine (C=N–C) groups is 1. The Bertz CT molecular complexity index is 1220. The van der Waals surface area contributed by atoms with Crippen molar-refractivity contribution in [2.24, 2.45) is 4.99 Å². The van der Waals surface area contributed by atoms with Crippen LogP contribution in [0.2, 0.25) is 0 Å². The van der Waals surface area contributed by atoms with Gasteiger partial charge >= 0.3 is 5.97 Å². The van der Waals surface area contributed by atoms with E-state index in [1.165, 1.54) is 0 Å². The maximum absolute atomic E-state index is 12.8. The van der Waals surface area contributed by atoms with Crippen LogP contribution in [-0.4, -0.2) is 48.4 Å². The van der Waals surface area contributed by atoms with Crippen LogP contribution in [0.5, 0.6) is 0 Å². The number of guanidine groups is 1. The van der Waals surface area contributed by atoms with Gasteiger partial charge < -0.3 is 21.1 Å². The molecule has 1 heterocycles. The number of anilines is 1. The smallest absolute Gasteiger partial charge is 0.303 e. The molecule has 0 saturated heterocycles. The fraction of sp³-hybridized carbons (Fsp3) is 0.370. The number of rotatable bonds is 9. The fourth-order valence-electron chi connectivity index (χ4n) is 3.87. The molecule has 188 valence electrons. The number of carboxylic acid groups (broad SMARTS) is 1. The number of carbonyl (C=O) groups is 3. The molecule has 0 aliphatic carbocycles. The highest BCUT2D eigenvalue weighted by atomic mass is 16.4. The number of carbonyl (C=O) groups excluding carboxylic acids is 2. The molecule has 9 nitrogen and oxygen atoms in total. The van der Waals surface area contributed by atoms with Crippen LogP contribution in [0.15, 0.2) is 47.5 Å². The molecule has 1 aliphatic rings. The number of Topliss-reactive ketones (excluding diaryl/α,β-unsaturated/α-hetero) is 1. The van der Waals surface area contributed by atoms with Crippen molar-refractivity contribution in [3.05, 3.63) is 70.6 Å². The molecule has 9 heteroatoms. The van der Waals surface area contributed by atoms with Gasteiger partial charge in [0.1, 0.15) is 0 Å². The quantitative estimate of drug-likeness (QED) is 0.397. The second-order valence-corrected chi connectivity index (χ2v) is 9.76. The van der Waals surface area contributed by atoms with Gasteiger partial charge in [-0.15, -0.1) is 0 Å². The maximum atomic E-state index is 12.8. The van der Waals surface area contributed by atoms with E-state index in [-0.39, 0.29) is 30.6 Å². The normalized spacial score (nSPS) is 13.7. The number of benzene rings is 2. The minimum Gasteiger partial charge on any atom is -0.481 e. The van der Waals surface area contributed by atoms with Crippen molar-refractivity contribution < 1.29 is 19.5 Å². The van der Waals surface area contributed by atoms with Crippen molar-refractivity contribution >= 4 is 35.0 Å². The summed E-state index contributed by atoms with van der Waals surface area (Å²) >= 11 is 0. The van der Waals surface area contributed by atoms with E-state index in [4.69, 9.17) is 6.57 Å². The SMILES string of the molecule is [C-]#[N+]c1cc([C@H](CC(=O)O)CC(=O)CNC(=O)c2cccc(NC3=NCCN3)c2)cc(C(C)(C)C)c1. The number of nitrogens with one attached hydrogen (secondary N) is 3. The molecule has 2 aromatic carbocycles. The van der Waals surface area contributed by atoms with Crippen LogP contribution in [-0.2, 0) is 15.0 Å². The summed E-state index contributed by atoms with van der Waals surface area (Å²) in [5.41, 5.74) is 2.77. The summed E-state index contributed by atoms with van der Waals surface area (Å²) in [4.78, 5) is 44.7. The summed E-state index contributed by atoms with van der Waals surface area (Å²) < 4.78 is 0. The zero-order chi connectivity index (χ0) is 26.3. The molecular weight excluding hydrogens is 458 g/mol. The molecule has 0 saturated carbocycles. The summed E-state index contributed by atoms with van der Waals surface area (Å²) in [6.07, 6.45) is -0.318. The van der Waals surface area contributed by atoms with Gasteiger partial charge in [0.15, 0.2) is 17.4 Å². The zero-order valence-electron chi connectivity index (χ0n) is 20.7. The Morgan fingerprint density at radius 1 is 1.17 bits per heavy atom. The topological polar surface area (TPSA) is 124 Å². The number of amides is 1. The summed E-state index contributed by atoms with van der Waals surface area (Å²) in [7, 11) is 0. The van der Waals surface area contributed by atoms with Crippen molar-refractivity contribution in [2.45, 2.75) is 44.9 Å². The van der Waals surface area contributed by atoms with Gasteiger partial charge in [-0.1, -0.05) is 56.2 Å². The van der Waals surface area contributed by atoms with Gasteiger partial charge in [0.2, 0.25) is 0 Å². The minimum absolute atomic E-state index is 0.0648. The Balaban J connectivity index is 1.68. The first-order valence-electron chi connectivity index (χ1n) is 11.7. The number of hydrogen-bond donors (Lipinski definition) is 4. The van der Waals surface area contributed by atoms with E-state index in [1.807, 2.05) is 32.9 Å². The summed E-state index contributed by atoms with van der Waals surface area (Å²) in [5.74, 6) is -1.70. The molecule has 0 bridgehead atoms. The third kappa shape index (κ3) is 7.40. The van der Waals surface area contributed by atoms with Gasteiger partial charge in [0.25, 0.3) is 5.91 Å². The second kappa shape index (κ2) is 11.5. The standard InChI is InChI=1S/C27H31N5O4/c1-27(2,3)20-10-18(12-22(15-20)28-4)19(14-24(34)35)13-23(33)16-31-25(36)17-6-5-7-21(11-17)32-26-29-8-9-30-26/h5-7,10-12,15,19H,8-9,13-14,16H2,1-3H3,(H,31,36)(H,34,35)(H2,29,30,32)/t19-/m0/s1. The Kier molecular flexibility index (Phi) is 8.43. The van der Waals surface area contributed by atoms with Gasteiger partial charge in [0.05, 0.1) is 26.1 Å². The first-order valence-corrected chi connectivity index (χ1v) is 11.7. The fourth-order valence-corrected chi connectivity index (χ4v) is 3.87. The molecule has 36 heavy (non-hydrogen) atoms. The predicted molar refractivity (Wildman–Crippen MR) is 139 cm³/mol. The van der Waals surface area contributed by atoms with Gasteiger partial charge in [-0.3, -0.25) is 19.4 Å². The van der Waals surface area contributed by atoms with E-state index in [0.29, 0.717) is 35.0 Å². The monoisotopic (exact) mass is 489 g/mol. The van der Waals surface area contributed by atoms with E-state index in [2.05, 4.69) is 25.8 Å². The molecule has 1 aliphatic heterocycles. The Morgan fingerprint density at radius 2 is 1.94 bits per heavy atom. The zero-order valence-corrected chi connectivity index (χ0v) is 20.7. The van der Waals surface area contributed by atoms with E-state index in [9.17, 15) is 19.5 Å². The molecular formula is C27H31N5O4. The van der Waals surface area contributed by atoms with Crippen LogP contribution in [0.3, 0.4) is 0 Å². The molecule has 2 aromatic rings. The molecule has 4 N–H and O–H groups in total. The van der Waals surface area contributed by atoms with E-state index < -0.39 is 17.8 Å². The molecule has 0 aromatic heterocycles. The molecule has 1 atom stereocenters. The van der Waals surface area contributed by atoms with Gasteiger partial charge in [0, 0.05) is 30.1 Å². The van der Waals surface area contributed by atoms with Crippen LogP contribution < -0.4 is 16.0 Å². The Morgan fingerprint density at radius 3 is 2.58 bits per heavy atom. The molecule has 0 radical (unpaired) electrons. The summed E-state index contributed by atoms with van der Waals surface area (Å²) in [5, 5.41) is 18.3. The number of nitrogens with zero attached hydrogens (tertiary/aromatic N) is 2. The number of aliphatic carboxylic acids is 1. The molecule has 0 unspecified atom stereocenters. The van der Waals surface area contributed by atoms with E-state index in [0.717, 1.165) is 12.1 Å². The number of carboxylic acids is 1. The van der Waals surface area contributed by atoms with Crippen LogP contribution in [0.25, 0.3) is 4.85 Å². The van der Waals surface area contributed by atoms with Crippen molar-refractivity contribution in [1.29, 1.82) is 0 Å². The highest BCUT2D eigenvalue weighted by molar-refractivity contribution is 5.99. The van der Waals surface area contributed by atoms with Crippen molar-refractivity contribution in [2.75, 3.05) is 25.0 Å². The third-order valence-corrected chi connectivity index (χ3v) is 5.81. The average Bonchev–Trinajstić information content (AvgIpc) is 3.34. The first-order chi connectivity index (χ1) is 17.0. The first kappa shape index (κ1) is 26.4. The van der Waals surface area contributed by atoms with Crippen LogP contribution in [0.4, 0.5) is 11.4 Å². The van der Waals surface area contributed by atoms with Crippen molar-refractivity contribution in [1.82, 2.24) is 10.6 Å². The lowest BCUT2D eigenvalue weighted by molar-refractivity contribution is -0.137. The average molecular weight is 490 g/mol. The van der Waals surface area contributed by atoms with Crippen LogP contribution in [0, 0.1) is 6.57 Å². The lowest BCUT2D eigenvalue weighted by Gasteiger charge is -2.23. The summed E-state index contributed by atoms with van der Waals surface area (Å²) in [6, 6.07) is 12.2. The van der Waals surface area contributed by atoms with Crippen molar-refractivity contribution in [3.63, 3.8) is 0 Å². The number of ketones is 1. The Labute approximate surface area is 210 Å². The Hall–Kier alpha value is -4.19. The maximum Gasteiger partial charge on any atom is 0.303 e. The van der Waals surface area contributed by atoms with Gasteiger partial charge in [-0.05, 0) is 23.6 Å². The summed E-state index contributed by atoms with van der Waals surface area (Å²) in [6.45, 7) is 14.7. The lowest BCUT2D eigenvalue weighted by Crippen LogP contribution is -2.30. The highest BCUT2D eigenvalue weighted by Gasteiger charge is 2.23. The molecule has 3 rings (SSSR count). The van der Waals surface area contributed by atoms with E-state index in [1.54, 1.807) is 30.3 Å². The lowest BCUT2D eigenvalue weighted by atomic mass is 9.82. The van der Waals surface area contributed by atoms with E-state index >= 15 is 0 Å². The van der Waals surface area contributed by atoms with Gasteiger partial charge in [-0.25, -0.2) is 4.85 Å². The highest BCUT2D eigenvalue weighted by Crippen LogP contribution is 2.33. The second-order valence-electron chi connectivity index (χ2n) is 9.76. The molecule has 0 spiro atoms. The predicted octanol–water partition coefficient (Wildman–Crippen LogP) is 3.85. The van der Waals surface area contributed by atoms with Crippen LogP contribution in [0.1, 0.15) is 61.0 Å². The largest absolute Gasteiger partial charge is 0.481 e. The third-order valence-electron chi connectivity index (χ3n) is 5.81.